The minimum Gasteiger partial charge on any atom is -0.370 e. The lowest BCUT2D eigenvalue weighted by atomic mass is 9.45. The number of hydrogen-bond donors (Lipinski definition) is 2. The van der Waals surface area contributed by atoms with E-state index in [0.717, 1.165) is 43.1 Å². The standard InChI is InChI=1S/C19H30N4/c1-12-16-8-13(19(16,2)3)9-17(12)22-18-10-15(4-6-21-18)23-7-5-14(20)11-23/h4,6,10,12-14,16-17H,5,7-9,11,20H2,1-3H3,(H,21,22)/t12?,13-,14-,16-,17?/m0/s1. The number of anilines is 2. The van der Waals surface area contributed by atoms with Crippen LogP contribution in [0.25, 0.3) is 0 Å². The number of fused-ring (bicyclic) bond motifs is 2. The molecular formula is C19H30N4. The number of pyridine rings is 1. The zero-order valence-electron chi connectivity index (χ0n) is 14.6. The van der Waals surface area contributed by atoms with Gasteiger partial charge in [0.2, 0.25) is 0 Å². The maximum absolute atomic E-state index is 6.04. The van der Waals surface area contributed by atoms with Crippen molar-refractivity contribution in [2.24, 2.45) is 28.9 Å². The van der Waals surface area contributed by atoms with E-state index in [0.29, 0.717) is 17.5 Å². The number of nitrogens with zero attached hydrogens (tertiary/aromatic N) is 2. The zero-order chi connectivity index (χ0) is 16.2. The third kappa shape index (κ3) is 2.51. The van der Waals surface area contributed by atoms with Gasteiger partial charge in [0.1, 0.15) is 5.82 Å². The number of nitrogens with one attached hydrogen (secondary N) is 1. The summed E-state index contributed by atoms with van der Waals surface area (Å²) < 4.78 is 0. The van der Waals surface area contributed by atoms with Crippen molar-refractivity contribution in [1.29, 1.82) is 0 Å². The van der Waals surface area contributed by atoms with E-state index in [2.05, 4.69) is 48.1 Å². The maximum atomic E-state index is 6.04. The van der Waals surface area contributed by atoms with Gasteiger partial charge >= 0.3 is 0 Å². The molecule has 4 heteroatoms. The molecule has 0 radical (unpaired) electrons. The van der Waals surface area contributed by atoms with Gasteiger partial charge in [-0.15, -0.1) is 0 Å². The average molecular weight is 314 g/mol. The summed E-state index contributed by atoms with van der Waals surface area (Å²) in [6.45, 7) is 9.34. The van der Waals surface area contributed by atoms with E-state index < -0.39 is 0 Å². The Kier molecular flexibility index (Phi) is 3.56. The third-order valence-electron chi connectivity index (χ3n) is 7.02. The fraction of sp³-hybridized carbons (Fsp3) is 0.737. The number of aromatic nitrogens is 1. The summed E-state index contributed by atoms with van der Waals surface area (Å²) in [7, 11) is 0. The summed E-state index contributed by atoms with van der Waals surface area (Å²) in [5.74, 6) is 3.49. The summed E-state index contributed by atoms with van der Waals surface area (Å²) in [5.41, 5.74) is 7.84. The van der Waals surface area contributed by atoms with Crippen LogP contribution in [0, 0.1) is 23.2 Å². The zero-order valence-corrected chi connectivity index (χ0v) is 14.6. The van der Waals surface area contributed by atoms with E-state index in [9.17, 15) is 0 Å². The Labute approximate surface area is 139 Å². The quantitative estimate of drug-likeness (QED) is 0.900. The average Bonchev–Trinajstić information content (AvgIpc) is 2.95. The Morgan fingerprint density at radius 1 is 1.35 bits per heavy atom. The molecule has 0 aromatic carbocycles. The summed E-state index contributed by atoms with van der Waals surface area (Å²) in [6, 6.07) is 5.19. The van der Waals surface area contributed by atoms with Crippen molar-refractivity contribution < 1.29 is 0 Å². The lowest BCUT2D eigenvalue weighted by molar-refractivity contribution is -0.105. The highest BCUT2D eigenvalue weighted by Gasteiger charge is 2.56. The Bertz CT molecular complexity index is 584. The monoisotopic (exact) mass is 314 g/mol. The minimum absolute atomic E-state index is 0.312. The fourth-order valence-corrected chi connectivity index (χ4v) is 5.25. The van der Waals surface area contributed by atoms with E-state index in [-0.39, 0.29) is 0 Å². The van der Waals surface area contributed by atoms with Gasteiger partial charge < -0.3 is 16.0 Å². The molecule has 23 heavy (non-hydrogen) atoms. The van der Waals surface area contributed by atoms with Crippen LogP contribution >= 0.6 is 0 Å². The molecule has 4 aliphatic rings. The molecule has 1 aliphatic heterocycles. The van der Waals surface area contributed by atoms with Crippen LogP contribution < -0.4 is 16.0 Å². The van der Waals surface area contributed by atoms with Gasteiger partial charge in [-0.1, -0.05) is 20.8 Å². The highest BCUT2D eigenvalue weighted by Crippen LogP contribution is 2.61. The molecule has 5 atom stereocenters. The largest absolute Gasteiger partial charge is 0.370 e. The maximum Gasteiger partial charge on any atom is 0.128 e. The van der Waals surface area contributed by atoms with Crippen molar-refractivity contribution in [3.8, 4) is 0 Å². The molecule has 126 valence electrons. The van der Waals surface area contributed by atoms with Gasteiger partial charge in [0.15, 0.2) is 0 Å². The second kappa shape index (κ2) is 5.37. The second-order valence-electron chi connectivity index (χ2n) is 8.60. The molecule has 4 fully saturated rings. The predicted molar refractivity (Wildman–Crippen MR) is 95.6 cm³/mol. The summed E-state index contributed by atoms with van der Waals surface area (Å²) >= 11 is 0. The summed E-state index contributed by atoms with van der Waals surface area (Å²) in [5, 5.41) is 3.74. The first-order valence-corrected chi connectivity index (χ1v) is 9.18. The highest BCUT2D eigenvalue weighted by atomic mass is 15.2. The summed E-state index contributed by atoms with van der Waals surface area (Å²) in [6.07, 6.45) is 5.72. The molecule has 1 aromatic heterocycles. The molecular weight excluding hydrogens is 284 g/mol. The molecule has 2 unspecified atom stereocenters. The van der Waals surface area contributed by atoms with E-state index in [1.165, 1.54) is 18.5 Å². The molecule has 0 spiro atoms. The van der Waals surface area contributed by atoms with Crippen molar-refractivity contribution in [1.82, 2.24) is 4.98 Å². The number of nitrogens with two attached hydrogens (primary N) is 1. The smallest absolute Gasteiger partial charge is 0.128 e. The van der Waals surface area contributed by atoms with Crippen LogP contribution in [0.2, 0.25) is 0 Å². The highest BCUT2D eigenvalue weighted by molar-refractivity contribution is 5.55. The lowest BCUT2D eigenvalue weighted by Crippen LogP contribution is -2.58. The van der Waals surface area contributed by atoms with E-state index in [4.69, 9.17) is 5.73 Å². The SMILES string of the molecule is CC1C(Nc2cc(N3CC[C@H](N)C3)ccn2)C[C@@H]2C[C@@H]1C2(C)C. The van der Waals surface area contributed by atoms with Crippen molar-refractivity contribution in [3.05, 3.63) is 18.3 Å². The Morgan fingerprint density at radius 3 is 2.83 bits per heavy atom. The molecule has 0 amide bonds. The molecule has 4 nitrogen and oxygen atoms in total. The van der Waals surface area contributed by atoms with Crippen LogP contribution in [-0.4, -0.2) is 30.2 Å². The van der Waals surface area contributed by atoms with Gasteiger partial charge in [0.25, 0.3) is 0 Å². The van der Waals surface area contributed by atoms with E-state index >= 15 is 0 Å². The number of rotatable bonds is 3. The van der Waals surface area contributed by atoms with Crippen LogP contribution in [-0.2, 0) is 0 Å². The van der Waals surface area contributed by atoms with Gasteiger partial charge in [0.05, 0.1) is 0 Å². The van der Waals surface area contributed by atoms with Gasteiger partial charge in [-0.2, -0.15) is 0 Å². The topological polar surface area (TPSA) is 54.2 Å². The second-order valence-corrected chi connectivity index (χ2v) is 8.60. The molecule has 3 N–H and O–H groups in total. The van der Waals surface area contributed by atoms with Gasteiger partial charge in [-0.3, -0.25) is 0 Å². The Hall–Kier alpha value is -1.29. The Morgan fingerprint density at radius 2 is 2.17 bits per heavy atom. The van der Waals surface area contributed by atoms with Crippen molar-refractivity contribution in [2.45, 2.75) is 52.1 Å². The van der Waals surface area contributed by atoms with E-state index in [1.807, 2.05) is 6.20 Å². The first-order chi connectivity index (χ1) is 10.9. The van der Waals surface area contributed by atoms with Crippen molar-refractivity contribution in [3.63, 3.8) is 0 Å². The van der Waals surface area contributed by atoms with Gasteiger partial charge in [-0.25, -0.2) is 4.98 Å². The van der Waals surface area contributed by atoms with Crippen molar-refractivity contribution in [2.75, 3.05) is 23.3 Å². The minimum atomic E-state index is 0.312. The molecule has 2 heterocycles. The predicted octanol–water partition coefficient (Wildman–Crippen LogP) is 3.10. The fourth-order valence-electron chi connectivity index (χ4n) is 5.25. The normalized spacial score (nSPS) is 38.3. The van der Waals surface area contributed by atoms with Crippen LogP contribution in [0.1, 0.15) is 40.0 Å². The summed E-state index contributed by atoms with van der Waals surface area (Å²) in [4.78, 5) is 6.94. The third-order valence-corrected chi connectivity index (χ3v) is 7.02. The van der Waals surface area contributed by atoms with Crippen molar-refractivity contribution >= 4 is 11.5 Å². The molecule has 3 aliphatic carbocycles. The molecule has 1 saturated heterocycles. The van der Waals surface area contributed by atoms with Crippen LogP contribution in [0.5, 0.6) is 0 Å². The van der Waals surface area contributed by atoms with E-state index in [1.54, 1.807) is 0 Å². The molecule has 2 bridgehead atoms. The number of hydrogen-bond acceptors (Lipinski definition) is 4. The first kappa shape index (κ1) is 15.3. The van der Waals surface area contributed by atoms with Gasteiger partial charge in [0, 0.05) is 43.1 Å². The van der Waals surface area contributed by atoms with Crippen LogP contribution in [0.15, 0.2) is 18.3 Å². The molecule has 1 aromatic rings. The first-order valence-electron chi connectivity index (χ1n) is 9.18. The molecule has 3 saturated carbocycles. The molecule has 5 rings (SSSR count). The van der Waals surface area contributed by atoms with Crippen LogP contribution in [0.3, 0.4) is 0 Å². The van der Waals surface area contributed by atoms with Crippen LogP contribution in [0.4, 0.5) is 11.5 Å². The Balaban J connectivity index is 1.46. The lowest BCUT2D eigenvalue weighted by Gasteiger charge is -2.62. The van der Waals surface area contributed by atoms with Gasteiger partial charge in [-0.05, 0) is 48.5 Å².